The second-order valence-corrected chi connectivity index (χ2v) is 3.45. The molecule has 2 rings (SSSR count). The molecule has 1 N–H and O–H groups in total. The molecule has 0 spiro atoms. The lowest BCUT2D eigenvalue weighted by Gasteiger charge is -1.98. The van der Waals surface area contributed by atoms with E-state index >= 15 is 0 Å². The van der Waals surface area contributed by atoms with E-state index in [-0.39, 0.29) is 5.56 Å². The summed E-state index contributed by atoms with van der Waals surface area (Å²) < 4.78 is 5.07. The standard InChI is InChI=1S/C13H12N2O2/c1-17-12-7-3-10(4-8-12)2-5-11-6-9-13(16)15-14-11/h2-9H,1H3,(H,15,16)/b5-2+. The van der Waals surface area contributed by atoms with Crippen molar-refractivity contribution in [2.24, 2.45) is 0 Å². The third kappa shape index (κ3) is 3.04. The van der Waals surface area contributed by atoms with Gasteiger partial charge in [-0.15, -0.1) is 0 Å². The summed E-state index contributed by atoms with van der Waals surface area (Å²) in [6, 6.07) is 10.8. The molecule has 0 aliphatic heterocycles. The number of hydrogen-bond donors (Lipinski definition) is 1. The average molecular weight is 228 g/mol. The molecule has 0 fully saturated rings. The van der Waals surface area contributed by atoms with Crippen LogP contribution in [0.25, 0.3) is 12.2 Å². The monoisotopic (exact) mass is 228 g/mol. The summed E-state index contributed by atoms with van der Waals surface area (Å²) in [6.45, 7) is 0. The first-order valence-electron chi connectivity index (χ1n) is 5.16. The van der Waals surface area contributed by atoms with Gasteiger partial charge in [-0.25, -0.2) is 5.10 Å². The van der Waals surface area contributed by atoms with Gasteiger partial charge >= 0.3 is 0 Å². The fourth-order valence-corrected chi connectivity index (χ4v) is 1.34. The molecule has 4 nitrogen and oxygen atoms in total. The van der Waals surface area contributed by atoms with Gasteiger partial charge in [-0.2, -0.15) is 5.10 Å². The Labute approximate surface area is 98.6 Å². The average Bonchev–Trinajstić information content (AvgIpc) is 2.39. The topological polar surface area (TPSA) is 55.0 Å². The highest BCUT2D eigenvalue weighted by Crippen LogP contribution is 2.13. The number of methoxy groups -OCH3 is 1. The van der Waals surface area contributed by atoms with Gasteiger partial charge in [-0.05, 0) is 29.8 Å². The van der Waals surface area contributed by atoms with Crippen molar-refractivity contribution in [1.82, 2.24) is 10.2 Å². The van der Waals surface area contributed by atoms with Crippen LogP contribution < -0.4 is 10.3 Å². The Bertz CT molecular complexity index is 550. The van der Waals surface area contributed by atoms with Gasteiger partial charge in [0.25, 0.3) is 5.56 Å². The molecule has 0 bridgehead atoms. The summed E-state index contributed by atoms with van der Waals surface area (Å²) in [6.07, 6.45) is 3.75. The van der Waals surface area contributed by atoms with Crippen LogP contribution in [0.15, 0.2) is 41.2 Å². The summed E-state index contributed by atoms with van der Waals surface area (Å²) in [7, 11) is 1.63. The third-order valence-corrected chi connectivity index (χ3v) is 2.26. The van der Waals surface area contributed by atoms with E-state index in [1.54, 1.807) is 13.2 Å². The van der Waals surface area contributed by atoms with Crippen LogP contribution in [-0.2, 0) is 0 Å². The zero-order chi connectivity index (χ0) is 12.1. The van der Waals surface area contributed by atoms with Crippen LogP contribution in [0.1, 0.15) is 11.3 Å². The van der Waals surface area contributed by atoms with Gasteiger partial charge in [0, 0.05) is 6.07 Å². The van der Waals surface area contributed by atoms with E-state index in [4.69, 9.17) is 4.74 Å². The Hall–Kier alpha value is -2.36. The first-order chi connectivity index (χ1) is 8.28. The summed E-state index contributed by atoms with van der Waals surface area (Å²) in [5, 5.41) is 6.26. The number of benzene rings is 1. The van der Waals surface area contributed by atoms with Crippen LogP contribution in [0.4, 0.5) is 0 Å². The highest BCUT2D eigenvalue weighted by molar-refractivity contribution is 5.67. The summed E-state index contributed by atoms with van der Waals surface area (Å²) in [5.74, 6) is 0.823. The number of aromatic amines is 1. The molecule has 0 saturated heterocycles. The lowest BCUT2D eigenvalue weighted by atomic mass is 10.2. The zero-order valence-corrected chi connectivity index (χ0v) is 9.38. The second-order valence-electron chi connectivity index (χ2n) is 3.45. The molecular formula is C13H12N2O2. The Balaban J connectivity index is 2.14. The highest BCUT2D eigenvalue weighted by atomic mass is 16.5. The van der Waals surface area contributed by atoms with E-state index < -0.39 is 0 Å². The third-order valence-electron chi connectivity index (χ3n) is 2.26. The van der Waals surface area contributed by atoms with Crippen molar-refractivity contribution in [2.45, 2.75) is 0 Å². The molecule has 1 heterocycles. The molecule has 0 amide bonds. The summed E-state index contributed by atoms with van der Waals surface area (Å²) in [4.78, 5) is 10.8. The minimum absolute atomic E-state index is 0.202. The molecule has 1 aromatic carbocycles. The van der Waals surface area contributed by atoms with Gasteiger partial charge in [0.1, 0.15) is 5.75 Å². The highest BCUT2D eigenvalue weighted by Gasteiger charge is 1.91. The number of aromatic nitrogens is 2. The van der Waals surface area contributed by atoms with E-state index in [1.807, 2.05) is 36.4 Å². The van der Waals surface area contributed by atoms with Crippen molar-refractivity contribution in [3.05, 3.63) is 58.0 Å². The number of nitrogens with zero attached hydrogens (tertiary/aromatic N) is 1. The minimum atomic E-state index is -0.202. The Morgan fingerprint density at radius 2 is 1.88 bits per heavy atom. The van der Waals surface area contributed by atoms with Crippen molar-refractivity contribution in [1.29, 1.82) is 0 Å². The number of hydrogen-bond acceptors (Lipinski definition) is 3. The molecule has 86 valence electrons. The van der Waals surface area contributed by atoms with Crippen molar-refractivity contribution in [3.63, 3.8) is 0 Å². The van der Waals surface area contributed by atoms with E-state index in [0.29, 0.717) is 5.69 Å². The predicted molar refractivity (Wildman–Crippen MR) is 66.8 cm³/mol. The van der Waals surface area contributed by atoms with Gasteiger partial charge in [-0.3, -0.25) is 4.79 Å². The SMILES string of the molecule is COc1ccc(/C=C/c2ccc(=O)[nH]n2)cc1. The quantitative estimate of drug-likeness (QED) is 0.873. The molecule has 0 unspecified atom stereocenters. The molecule has 0 radical (unpaired) electrons. The first kappa shape index (κ1) is 11.1. The molecular weight excluding hydrogens is 216 g/mol. The Morgan fingerprint density at radius 3 is 2.47 bits per heavy atom. The largest absolute Gasteiger partial charge is 0.497 e. The maximum Gasteiger partial charge on any atom is 0.264 e. The van der Waals surface area contributed by atoms with Crippen molar-refractivity contribution in [3.8, 4) is 5.75 Å². The van der Waals surface area contributed by atoms with Gasteiger partial charge in [0.05, 0.1) is 12.8 Å². The Morgan fingerprint density at radius 1 is 1.12 bits per heavy atom. The van der Waals surface area contributed by atoms with Gasteiger partial charge in [0.15, 0.2) is 0 Å². The first-order valence-corrected chi connectivity index (χ1v) is 5.16. The smallest absolute Gasteiger partial charge is 0.264 e. The normalized spacial score (nSPS) is 10.6. The van der Waals surface area contributed by atoms with Crippen LogP contribution >= 0.6 is 0 Å². The number of ether oxygens (including phenoxy) is 1. The van der Waals surface area contributed by atoms with Crippen LogP contribution in [-0.4, -0.2) is 17.3 Å². The molecule has 0 aliphatic carbocycles. The number of rotatable bonds is 3. The van der Waals surface area contributed by atoms with Gasteiger partial charge in [0.2, 0.25) is 0 Å². The summed E-state index contributed by atoms with van der Waals surface area (Å²) in [5.41, 5.74) is 1.55. The van der Waals surface area contributed by atoms with E-state index in [1.165, 1.54) is 6.07 Å². The maximum absolute atomic E-state index is 10.8. The second kappa shape index (κ2) is 5.12. The molecule has 0 aliphatic rings. The van der Waals surface area contributed by atoms with Crippen molar-refractivity contribution < 1.29 is 4.74 Å². The molecule has 4 heteroatoms. The van der Waals surface area contributed by atoms with E-state index in [9.17, 15) is 4.79 Å². The zero-order valence-electron chi connectivity index (χ0n) is 9.38. The fourth-order valence-electron chi connectivity index (χ4n) is 1.34. The Kier molecular flexibility index (Phi) is 3.35. The summed E-state index contributed by atoms with van der Waals surface area (Å²) >= 11 is 0. The predicted octanol–water partition coefficient (Wildman–Crippen LogP) is 1.95. The molecule has 17 heavy (non-hydrogen) atoms. The lowest BCUT2D eigenvalue weighted by molar-refractivity contribution is 0.415. The molecule has 0 atom stereocenters. The molecule has 2 aromatic rings. The minimum Gasteiger partial charge on any atom is -0.497 e. The van der Waals surface area contributed by atoms with Crippen LogP contribution in [0.3, 0.4) is 0 Å². The van der Waals surface area contributed by atoms with E-state index in [2.05, 4.69) is 10.2 Å². The van der Waals surface area contributed by atoms with Gasteiger partial charge in [-0.1, -0.05) is 18.2 Å². The number of nitrogens with one attached hydrogen (secondary N) is 1. The van der Waals surface area contributed by atoms with Crippen LogP contribution in [0.2, 0.25) is 0 Å². The van der Waals surface area contributed by atoms with E-state index in [0.717, 1.165) is 11.3 Å². The van der Waals surface area contributed by atoms with Crippen LogP contribution in [0.5, 0.6) is 5.75 Å². The van der Waals surface area contributed by atoms with Crippen molar-refractivity contribution >= 4 is 12.2 Å². The van der Waals surface area contributed by atoms with Crippen molar-refractivity contribution in [2.75, 3.05) is 7.11 Å². The number of H-pyrrole nitrogens is 1. The lowest BCUT2D eigenvalue weighted by Crippen LogP contribution is -2.05. The maximum atomic E-state index is 10.8. The fraction of sp³-hybridized carbons (Fsp3) is 0.0769. The molecule has 0 saturated carbocycles. The van der Waals surface area contributed by atoms with Gasteiger partial charge < -0.3 is 4.74 Å². The van der Waals surface area contributed by atoms with Crippen LogP contribution in [0, 0.1) is 0 Å². The molecule has 1 aromatic heterocycles.